The highest BCUT2D eigenvalue weighted by Crippen LogP contribution is 2.20. The second-order valence-corrected chi connectivity index (χ2v) is 3.44. The summed E-state index contributed by atoms with van der Waals surface area (Å²) in [5.41, 5.74) is 0.134. The lowest BCUT2D eigenvalue weighted by Crippen LogP contribution is -2.07. The molecule has 5 nitrogen and oxygen atoms in total. The minimum absolute atomic E-state index is 0.0324. The molecule has 86 valence electrons. The first kappa shape index (κ1) is 11.1. The summed E-state index contributed by atoms with van der Waals surface area (Å²) in [4.78, 5) is 27.9. The fourth-order valence-electron chi connectivity index (χ4n) is 1.30. The van der Waals surface area contributed by atoms with Crippen LogP contribution in [-0.2, 0) is 0 Å². The van der Waals surface area contributed by atoms with Crippen LogP contribution in [0.2, 0.25) is 0 Å². The summed E-state index contributed by atoms with van der Waals surface area (Å²) in [5, 5.41) is 0. The molecule has 0 fully saturated rings. The number of H-pyrrole nitrogens is 1. The summed E-state index contributed by atoms with van der Waals surface area (Å²) >= 11 is 0. The molecule has 1 heterocycles. The normalized spacial score (nSPS) is 9.94. The van der Waals surface area contributed by atoms with Gasteiger partial charge in [0.2, 0.25) is 0 Å². The quantitative estimate of drug-likeness (QED) is 0.815. The lowest BCUT2D eigenvalue weighted by molar-refractivity contribution is 0.101. The van der Waals surface area contributed by atoms with E-state index in [9.17, 15) is 9.59 Å². The van der Waals surface area contributed by atoms with E-state index in [-0.39, 0.29) is 5.78 Å². The van der Waals surface area contributed by atoms with E-state index in [1.807, 2.05) is 0 Å². The maximum atomic E-state index is 11.2. The summed E-state index contributed by atoms with van der Waals surface area (Å²) in [5.74, 6) is 0.895. The lowest BCUT2D eigenvalue weighted by atomic mass is 10.1. The van der Waals surface area contributed by atoms with E-state index >= 15 is 0 Å². The van der Waals surface area contributed by atoms with Crippen molar-refractivity contribution in [3.05, 3.63) is 52.7 Å². The van der Waals surface area contributed by atoms with Crippen LogP contribution >= 0.6 is 0 Å². The summed E-state index contributed by atoms with van der Waals surface area (Å²) in [6, 6.07) is 6.79. The van der Waals surface area contributed by atoms with Gasteiger partial charge in [-0.05, 0) is 19.1 Å². The third-order valence-corrected chi connectivity index (χ3v) is 2.12. The van der Waals surface area contributed by atoms with E-state index in [1.165, 1.54) is 19.3 Å². The molecular formula is C12H10N2O3. The number of hydrogen-bond acceptors (Lipinski definition) is 4. The number of rotatable bonds is 3. The van der Waals surface area contributed by atoms with Crippen LogP contribution in [0.25, 0.3) is 0 Å². The highest BCUT2D eigenvalue weighted by atomic mass is 16.5. The van der Waals surface area contributed by atoms with Gasteiger partial charge >= 0.3 is 5.69 Å². The van der Waals surface area contributed by atoms with Gasteiger partial charge in [0.15, 0.2) is 11.5 Å². The number of hydrogen-bond donors (Lipinski definition) is 1. The van der Waals surface area contributed by atoms with E-state index in [0.717, 1.165) is 0 Å². The minimum Gasteiger partial charge on any atom is -0.454 e. The number of nitrogens with zero attached hydrogens (tertiary/aromatic N) is 1. The third kappa shape index (κ3) is 2.78. The molecule has 0 radical (unpaired) electrons. The second-order valence-electron chi connectivity index (χ2n) is 3.44. The molecule has 0 aliphatic heterocycles. The Balaban J connectivity index is 2.24. The van der Waals surface area contributed by atoms with E-state index in [4.69, 9.17) is 4.74 Å². The fraction of sp³-hybridized carbons (Fsp3) is 0.0833. The highest BCUT2D eigenvalue weighted by Gasteiger charge is 2.02. The zero-order valence-corrected chi connectivity index (χ0v) is 9.14. The topological polar surface area (TPSA) is 72.0 Å². The number of aromatic nitrogens is 2. The van der Waals surface area contributed by atoms with Crippen molar-refractivity contribution in [1.82, 2.24) is 9.97 Å². The standard InChI is InChI=1S/C12H10N2O3/c1-8(15)9-3-2-4-10(5-9)17-11-6-13-12(16)14-7-11/h2-7H,1H3,(H,13,14,16). The zero-order valence-electron chi connectivity index (χ0n) is 9.14. The Morgan fingerprint density at radius 2 is 2.18 bits per heavy atom. The Bertz CT molecular complexity index is 584. The molecule has 1 aromatic carbocycles. The van der Waals surface area contributed by atoms with Gasteiger partial charge in [-0.1, -0.05) is 12.1 Å². The monoisotopic (exact) mass is 230 g/mol. The molecule has 0 aliphatic rings. The van der Waals surface area contributed by atoms with Crippen LogP contribution in [0.5, 0.6) is 11.5 Å². The Labute approximate surface area is 97.1 Å². The molecule has 5 heteroatoms. The van der Waals surface area contributed by atoms with Crippen LogP contribution in [0.3, 0.4) is 0 Å². The summed E-state index contributed by atoms with van der Waals surface area (Å²) in [6.45, 7) is 1.49. The van der Waals surface area contributed by atoms with Gasteiger partial charge in [0.25, 0.3) is 0 Å². The number of carbonyl (C=O) groups is 1. The van der Waals surface area contributed by atoms with Gasteiger partial charge in [-0.15, -0.1) is 0 Å². The lowest BCUT2D eigenvalue weighted by Gasteiger charge is -2.05. The maximum absolute atomic E-state index is 11.2. The van der Waals surface area contributed by atoms with Crippen LogP contribution in [0.4, 0.5) is 0 Å². The molecule has 0 bridgehead atoms. The largest absolute Gasteiger partial charge is 0.454 e. The molecule has 0 atom stereocenters. The number of ether oxygens (including phenoxy) is 1. The number of benzene rings is 1. The van der Waals surface area contributed by atoms with Crippen molar-refractivity contribution in [2.24, 2.45) is 0 Å². The van der Waals surface area contributed by atoms with Crippen LogP contribution in [0.15, 0.2) is 41.5 Å². The smallest absolute Gasteiger partial charge is 0.345 e. The number of carbonyl (C=O) groups excluding carboxylic acids is 1. The molecule has 0 unspecified atom stereocenters. The van der Waals surface area contributed by atoms with Crippen molar-refractivity contribution < 1.29 is 9.53 Å². The summed E-state index contributed by atoms with van der Waals surface area (Å²) in [6.07, 6.45) is 2.73. The van der Waals surface area contributed by atoms with Crippen LogP contribution in [-0.4, -0.2) is 15.8 Å². The fourth-order valence-corrected chi connectivity index (χ4v) is 1.30. The molecule has 1 aromatic heterocycles. The second kappa shape index (κ2) is 4.61. The SMILES string of the molecule is CC(=O)c1cccc(Oc2cnc(=O)[nH]c2)c1. The van der Waals surface area contributed by atoms with E-state index in [1.54, 1.807) is 24.3 Å². The first-order valence-electron chi connectivity index (χ1n) is 4.99. The number of Topliss-reactive ketones (excluding diaryl/α,β-unsaturated/α-hetero) is 1. The average Bonchev–Trinajstić information content (AvgIpc) is 2.32. The first-order chi connectivity index (χ1) is 8.15. The van der Waals surface area contributed by atoms with E-state index in [0.29, 0.717) is 17.1 Å². The Kier molecular flexibility index (Phi) is 3.00. The molecule has 0 saturated carbocycles. The van der Waals surface area contributed by atoms with Crippen molar-refractivity contribution in [1.29, 1.82) is 0 Å². The molecule has 2 aromatic rings. The molecule has 0 aliphatic carbocycles. The van der Waals surface area contributed by atoms with Gasteiger partial charge in [0.1, 0.15) is 5.75 Å². The zero-order chi connectivity index (χ0) is 12.3. The van der Waals surface area contributed by atoms with Gasteiger partial charge in [-0.2, -0.15) is 4.98 Å². The maximum Gasteiger partial charge on any atom is 0.345 e. The Morgan fingerprint density at radius 3 is 2.82 bits per heavy atom. The van der Waals surface area contributed by atoms with Crippen LogP contribution in [0.1, 0.15) is 17.3 Å². The predicted octanol–water partition coefficient (Wildman–Crippen LogP) is 1.76. The van der Waals surface area contributed by atoms with Gasteiger partial charge in [0.05, 0.1) is 12.4 Å². The van der Waals surface area contributed by atoms with Crippen molar-refractivity contribution >= 4 is 5.78 Å². The molecule has 1 N–H and O–H groups in total. The van der Waals surface area contributed by atoms with Crippen LogP contribution in [0, 0.1) is 0 Å². The van der Waals surface area contributed by atoms with Crippen molar-refractivity contribution in [3.8, 4) is 11.5 Å². The van der Waals surface area contributed by atoms with E-state index in [2.05, 4.69) is 9.97 Å². The van der Waals surface area contributed by atoms with Crippen LogP contribution < -0.4 is 10.4 Å². The van der Waals surface area contributed by atoms with Gasteiger partial charge in [-0.25, -0.2) is 4.79 Å². The van der Waals surface area contributed by atoms with Gasteiger partial charge in [0, 0.05) is 5.56 Å². The number of nitrogens with one attached hydrogen (secondary N) is 1. The van der Waals surface area contributed by atoms with Gasteiger partial charge < -0.3 is 9.72 Å². The van der Waals surface area contributed by atoms with Crippen molar-refractivity contribution in [3.63, 3.8) is 0 Å². The molecule has 0 spiro atoms. The summed E-state index contributed by atoms with van der Waals surface area (Å²) in [7, 11) is 0. The molecule has 2 rings (SSSR count). The molecule has 17 heavy (non-hydrogen) atoms. The predicted molar refractivity (Wildman–Crippen MR) is 61.4 cm³/mol. The van der Waals surface area contributed by atoms with E-state index < -0.39 is 5.69 Å². The average molecular weight is 230 g/mol. The van der Waals surface area contributed by atoms with Crippen molar-refractivity contribution in [2.45, 2.75) is 6.92 Å². The number of ketones is 1. The first-order valence-corrected chi connectivity index (χ1v) is 4.99. The molecular weight excluding hydrogens is 220 g/mol. The minimum atomic E-state index is -0.435. The molecule has 0 saturated heterocycles. The highest BCUT2D eigenvalue weighted by molar-refractivity contribution is 5.94. The molecule has 0 amide bonds. The Hall–Kier alpha value is -2.43. The summed E-state index contributed by atoms with van der Waals surface area (Å²) < 4.78 is 5.44. The third-order valence-electron chi connectivity index (χ3n) is 2.12. The van der Waals surface area contributed by atoms with Gasteiger partial charge in [-0.3, -0.25) is 4.79 Å². The Morgan fingerprint density at radius 1 is 1.35 bits per heavy atom. The number of aromatic amines is 1. The van der Waals surface area contributed by atoms with Crippen molar-refractivity contribution in [2.75, 3.05) is 0 Å².